The van der Waals surface area contributed by atoms with Crippen LogP contribution in [0.1, 0.15) is 24.0 Å². The summed E-state index contributed by atoms with van der Waals surface area (Å²) in [6, 6.07) is 9.45. The molecule has 0 bridgehead atoms. The fourth-order valence-corrected chi connectivity index (χ4v) is 3.08. The maximum atomic E-state index is 12.6. The van der Waals surface area contributed by atoms with E-state index < -0.39 is 11.7 Å². The van der Waals surface area contributed by atoms with Gasteiger partial charge < -0.3 is 15.0 Å². The molecule has 0 saturated carbocycles. The van der Waals surface area contributed by atoms with Gasteiger partial charge in [0.1, 0.15) is 5.75 Å². The zero-order valence-corrected chi connectivity index (χ0v) is 15.2. The SMILES string of the molecule is COc1cc(NC(=O)Cc2ccc(C(F)(F)F)cc2)ccc1N1CCCC1=O. The van der Waals surface area contributed by atoms with E-state index in [4.69, 9.17) is 4.74 Å². The maximum absolute atomic E-state index is 12.6. The van der Waals surface area contributed by atoms with Gasteiger partial charge in [-0.2, -0.15) is 13.2 Å². The normalized spacial score (nSPS) is 14.3. The van der Waals surface area contributed by atoms with Crippen molar-refractivity contribution in [3.8, 4) is 5.75 Å². The standard InChI is InChI=1S/C20H19F3N2O3/c1-28-17-12-15(8-9-16(17)25-10-2-3-19(25)27)24-18(26)11-13-4-6-14(7-5-13)20(21,22)23/h4-9,12H,2-3,10-11H2,1H3,(H,24,26). The van der Waals surface area contributed by atoms with E-state index in [1.54, 1.807) is 23.1 Å². The van der Waals surface area contributed by atoms with Crippen molar-refractivity contribution in [1.29, 1.82) is 0 Å². The molecule has 0 aliphatic carbocycles. The van der Waals surface area contributed by atoms with Crippen molar-refractivity contribution in [2.45, 2.75) is 25.4 Å². The number of alkyl halides is 3. The predicted molar refractivity (Wildman–Crippen MR) is 98.4 cm³/mol. The second-order valence-corrected chi connectivity index (χ2v) is 6.46. The Kier molecular flexibility index (Phi) is 5.58. The van der Waals surface area contributed by atoms with Crippen LogP contribution in [0.2, 0.25) is 0 Å². The molecule has 0 spiro atoms. The van der Waals surface area contributed by atoms with Crippen LogP contribution in [0.25, 0.3) is 0 Å². The third kappa shape index (κ3) is 4.44. The van der Waals surface area contributed by atoms with Gasteiger partial charge in [0.05, 0.1) is 24.8 Å². The number of methoxy groups -OCH3 is 1. The molecule has 0 atom stereocenters. The number of nitrogens with one attached hydrogen (secondary N) is 1. The number of benzene rings is 2. The van der Waals surface area contributed by atoms with Crippen LogP contribution < -0.4 is 15.0 Å². The van der Waals surface area contributed by atoms with Gasteiger partial charge in [-0.25, -0.2) is 0 Å². The number of nitrogens with zero attached hydrogens (tertiary/aromatic N) is 1. The van der Waals surface area contributed by atoms with E-state index >= 15 is 0 Å². The molecule has 1 N–H and O–H groups in total. The van der Waals surface area contributed by atoms with Crippen LogP contribution in [-0.4, -0.2) is 25.5 Å². The smallest absolute Gasteiger partial charge is 0.416 e. The Bertz CT molecular complexity index is 879. The minimum Gasteiger partial charge on any atom is -0.494 e. The van der Waals surface area contributed by atoms with Crippen LogP contribution in [0, 0.1) is 0 Å². The number of rotatable bonds is 5. The van der Waals surface area contributed by atoms with Gasteiger partial charge in [-0.15, -0.1) is 0 Å². The molecular formula is C20H19F3N2O3. The van der Waals surface area contributed by atoms with Crippen molar-refractivity contribution in [3.05, 3.63) is 53.6 Å². The van der Waals surface area contributed by atoms with E-state index in [1.165, 1.54) is 19.2 Å². The first-order chi connectivity index (χ1) is 13.3. The molecule has 148 valence electrons. The van der Waals surface area contributed by atoms with Gasteiger partial charge in [-0.3, -0.25) is 9.59 Å². The molecule has 1 saturated heterocycles. The van der Waals surface area contributed by atoms with E-state index in [2.05, 4.69) is 5.32 Å². The molecule has 0 unspecified atom stereocenters. The highest BCUT2D eigenvalue weighted by Gasteiger charge is 2.30. The molecular weight excluding hydrogens is 373 g/mol. The van der Waals surface area contributed by atoms with Crippen LogP contribution >= 0.6 is 0 Å². The highest BCUT2D eigenvalue weighted by atomic mass is 19.4. The van der Waals surface area contributed by atoms with Gasteiger partial charge in [0.2, 0.25) is 11.8 Å². The second kappa shape index (κ2) is 7.92. The van der Waals surface area contributed by atoms with E-state index in [1.807, 2.05) is 0 Å². The molecule has 0 aromatic heterocycles. The Morgan fingerprint density at radius 2 is 1.89 bits per heavy atom. The third-order valence-electron chi connectivity index (χ3n) is 4.47. The van der Waals surface area contributed by atoms with Crippen molar-refractivity contribution >= 4 is 23.2 Å². The summed E-state index contributed by atoms with van der Waals surface area (Å²) in [6.07, 6.45) is -3.19. The number of hydrogen-bond acceptors (Lipinski definition) is 3. The summed E-state index contributed by atoms with van der Waals surface area (Å²) in [7, 11) is 1.48. The maximum Gasteiger partial charge on any atom is 0.416 e. The van der Waals surface area contributed by atoms with E-state index in [0.717, 1.165) is 18.6 Å². The van der Waals surface area contributed by atoms with Gasteiger partial charge in [-0.1, -0.05) is 12.1 Å². The molecule has 8 heteroatoms. The second-order valence-electron chi connectivity index (χ2n) is 6.46. The summed E-state index contributed by atoms with van der Waals surface area (Å²) in [5, 5.41) is 2.69. The van der Waals surface area contributed by atoms with Crippen LogP contribution in [-0.2, 0) is 22.2 Å². The number of carbonyl (C=O) groups is 2. The monoisotopic (exact) mass is 392 g/mol. The highest BCUT2D eigenvalue weighted by molar-refractivity contribution is 5.98. The third-order valence-corrected chi connectivity index (χ3v) is 4.47. The molecule has 1 aliphatic rings. The van der Waals surface area contributed by atoms with Crippen molar-refractivity contribution in [2.75, 3.05) is 23.9 Å². The lowest BCUT2D eigenvalue weighted by atomic mass is 10.1. The lowest BCUT2D eigenvalue weighted by Gasteiger charge is -2.19. The van der Waals surface area contributed by atoms with E-state index in [9.17, 15) is 22.8 Å². The molecule has 3 rings (SSSR count). The van der Waals surface area contributed by atoms with Crippen LogP contribution in [0.15, 0.2) is 42.5 Å². The van der Waals surface area contributed by atoms with Gasteiger partial charge in [0, 0.05) is 24.7 Å². The number of carbonyl (C=O) groups excluding carboxylic acids is 2. The van der Waals surface area contributed by atoms with Crippen molar-refractivity contribution < 1.29 is 27.5 Å². The lowest BCUT2D eigenvalue weighted by Crippen LogP contribution is -2.24. The Labute approximate surface area is 160 Å². The molecule has 1 aliphatic heterocycles. The largest absolute Gasteiger partial charge is 0.494 e. The molecule has 2 aromatic rings. The molecule has 1 heterocycles. The quantitative estimate of drug-likeness (QED) is 0.836. The summed E-state index contributed by atoms with van der Waals surface area (Å²) in [5.41, 5.74) is 0.833. The minimum atomic E-state index is -4.41. The highest BCUT2D eigenvalue weighted by Crippen LogP contribution is 2.34. The Morgan fingerprint density at radius 3 is 2.46 bits per heavy atom. The molecule has 1 fully saturated rings. The Balaban J connectivity index is 1.67. The molecule has 2 amide bonds. The van der Waals surface area contributed by atoms with E-state index in [0.29, 0.717) is 35.7 Å². The van der Waals surface area contributed by atoms with Gasteiger partial charge >= 0.3 is 6.18 Å². The minimum absolute atomic E-state index is 0.0254. The molecule has 2 aromatic carbocycles. The number of anilines is 2. The summed E-state index contributed by atoms with van der Waals surface area (Å²) < 4.78 is 43.1. The van der Waals surface area contributed by atoms with Crippen LogP contribution in [0.4, 0.5) is 24.5 Å². The van der Waals surface area contributed by atoms with E-state index in [-0.39, 0.29) is 18.2 Å². The fraction of sp³-hybridized carbons (Fsp3) is 0.300. The van der Waals surface area contributed by atoms with Gasteiger partial charge in [-0.05, 0) is 36.2 Å². The number of amides is 2. The molecule has 5 nitrogen and oxygen atoms in total. The average molecular weight is 392 g/mol. The zero-order chi connectivity index (χ0) is 20.3. The van der Waals surface area contributed by atoms with Gasteiger partial charge in [0.25, 0.3) is 0 Å². The Morgan fingerprint density at radius 1 is 1.18 bits per heavy atom. The summed E-state index contributed by atoms with van der Waals surface area (Å²) in [4.78, 5) is 25.8. The summed E-state index contributed by atoms with van der Waals surface area (Å²) >= 11 is 0. The number of halogens is 3. The van der Waals surface area contributed by atoms with Gasteiger partial charge in [0.15, 0.2) is 0 Å². The fourth-order valence-electron chi connectivity index (χ4n) is 3.08. The van der Waals surface area contributed by atoms with Crippen molar-refractivity contribution in [3.63, 3.8) is 0 Å². The summed E-state index contributed by atoms with van der Waals surface area (Å²) in [5.74, 6) is 0.117. The first kappa shape index (κ1) is 19.7. The van der Waals surface area contributed by atoms with Crippen LogP contribution in [0.5, 0.6) is 5.75 Å². The Hall–Kier alpha value is -3.03. The number of ether oxygens (including phenoxy) is 1. The first-order valence-electron chi connectivity index (χ1n) is 8.72. The number of hydrogen-bond donors (Lipinski definition) is 1. The first-order valence-corrected chi connectivity index (χ1v) is 8.72. The predicted octanol–water partition coefficient (Wildman–Crippen LogP) is 4.02. The topological polar surface area (TPSA) is 58.6 Å². The van der Waals surface area contributed by atoms with Crippen molar-refractivity contribution in [1.82, 2.24) is 0 Å². The van der Waals surface area contributed by atoms with Crippen LogP contribution in [0.3, 0.4) is 0 Å². The molecule has 0 radical (unpaired) electrons. The molecule has 28 heavy (non-hydrogen) atoms. The zero-order valence-electron chi connectivity index (χ0n) is 15.2. The average Bonchev–Trinajstić information content (AvgIpc) is 3.07. The lowest BCUT2D eigenvalue weighted by molar-refractivity contribution is -0.137. The summed E-state index contributed by atoms with van der Waals surface area (Å²) in [6.45, 7) is 0.620. The van der Waals surface area contributed by atoms with Crippen molar-refractivity contribution in [2.24, 2.45) is 0 Å².